The maximum Gasteiger partial charge on any atom is 0.153 e. The third-order valence-electron chi connectivity index (χ3n) is 2.14. The number of benzene rings is 1. The van der Waals surface area contributed by atoms with E-state index >= 15 is 0 Å². The van der Waals surface area contributed by atoms with E-state index in [1.807, 2.05) is 6.92 Å². The molecule has 82 valence electrons. The van der Waals surface area contributed by atoms with Crippen LogP contribution < -0.4 is 11.1 Å². The monoisotopic (exact) mass is 218 g/mol. The van der Waals surface area contributed by atoms with Crippen LogP contribution in [-0.4, -0.2) is 10.2 Å². The van der Waals surface area contributed by atoms with E-state index in [9.17, 15) is 4.39 Å². The van der Waals surface area contributed by atoms with Crippen LogP contribution >= 0.6 is 0 Å². The van der Waals surface area contributed by atoms with Crippen molar-refractivity contribution in [3.8, 4) is 0 Å². The molecular weight excluding hydrogens is 207 g/mol. The van der Waals surface area contributed by atoms with Crippen LogP contribution in [0.5, 0.6) is 0 Å². The van der Waals surface area contributed by atoms with E-state index < -0.39 is 0 Å². The second-order valence-corrected chi connectivity index (χ2v) is 3.43. The minimum absolute atomic E-state index is 0.258. The van der Waals surface area contributed by atoms with Gasteiger partial charge in [0.1, 0.15) is 11.6 Å². The number of aromatic nitrogens is 2. The molecule has 1 heterocycles. The van der Waals surface area contributed by atoms with E-state index in [0.717, 1.165) is 11.3 Å². The van der Waals surface area contributed by atoms with Crippen LogP contribution in [0.15, 0.2) is 30.3 Å². The molecule has 0 aliphatic heterocycles. The number of nitrogens with zero attached hydrogens (tertiary/aromatic N) is 2. The average Bonchev–Trinajstić information content (AvgIpc) is 2.25. The van der Waals surface area contributed by atoms with Gasteiger partial charge in [0.05, 0.1) is 0 Å². The van der Waals surface area contributed by atoms with Gasteiger partial charge in [0.15, 0.2) is 5.82 Å². The minimum atomic E-state index is -0.258. The number of nitrogen functional groups attached to an aromatic ring is 1. The molecule has 3 N–H and O–H groups in total. The van der Waals surface area contributed by atoms with Crippen LogP contribution in [0.3, 0.4) is 0 Å². The zero-order chi connectivity index (χ0) is 11.5. The first-order chi connectivity index (χ1) is 7.65. The van der Waals surface area contributed by atoms with Crippen molar-refractivity contribution in [2.24, 2.45) is 0 Å². The summed E-state index contributed by atoms with van der Waals surface area (Å²) in [6, 6.07) is 7.86. The Bertz CT molecular complexity index is 496. The zero-order valence-corrected chi connectivity index (χ0v) is 8.74. The van der Waals surface area contributed by atoms with Crippen LogP contribution in [0.1, 0.15) is 5.56 Å². The molecule has 4 nitrogen and oxygen atoms in total. The van der Waals surface area contributed by atoms with Gasteiger partial charge in [-0.25, -0.2) is 4.39 Å². The van der Waals surface area contributed by atoms with Crippen molar-refractivity contribution < 1.29 is 4.39 Å². The molecule has 1 aromatic carbocycles. The maximum absolute atomic E-state index is 12.9. The first-order valence-corrected chi connectivity index (χ1v) is 4.77. The minimum Gasteiger partial charge on any atom is -0.382 e. The van der Waals surface area contributed by atoms with Gasteiger partial charge >= 0.3 is 0 Å². The van der Waals surface area contributed by atoms with Crippen LogP contribution in [0.2, 0.25) is 0 Å². The van der Waals surface area contributed by atoms with E-state index in [-0.39, 0.29) is 5.82 Å². The van der Waals surface area contributed by atoms with Crippen molar-refractivity contribution in [1.82, 2.24) is 10.2 Å². The number of halogens is 1. The molecule has 1 aromatic heterocycles. The van der Waals surface area contributed by atoms with Crippen molar-refractivity contribution >= 4 is 17.3 Å². The summed E-state index contributed by atoms with van der Waals surface area (Å²) in [5.41, 5.74) is 7.02. The molecular formula is C11H11FN4. The fourth-order valence-corrected chi connectivity index (χ4v) is 1.31. The second-order valence-electron chi connectivity index (χ2n) is 3.43. The van der Waals surface area contributed by atoms with Crippen molar-refractivity contribution in [1.29, 1.82) is 0 Å². The number of aryl methyl sites for hydroxylation is 1. The van der Waals surface area contributed by atoms with Crippen LogP contribution in [0, 0.1) is 12.7 Å². The Hall–Kier alpha value is -2.17. The van der Waals surface area contributed by atoms with Crippen molar-refractivity contribution in [2.45, 2.75) is 6.92 Å². The van der Waals surface area contributed by atoms with E-state index in [1.165, 1.54) is 12.1 Å². The highest BCUT2D eigenvalue weighted by Crippen LogP contribution is 2.19. The van der Waals surface area contributed by atoms with Gasteiger partial charge < -0.3 is 11.1 Å². The van der Waals surface area contributed by atoms with Crippen molar-refractivity contribution in [3.63, 3.8) is 0 Å². The number of hydrogen-bond donors (Lipinski definition) is 2. The van der Waals surface area contributed by atoms with E-state index in [4.69, 9.17) is 5.73 Å². The Balaban J connectivity index is 2.23. The van der Waals surface area contributed by atoms with Gasteiger partial charge in [0, 0.05) is 5.69 Å². The topological polar surface area (TPSA) is 63.8 Å². The summed E-state index contributed by atoms with van der Waals surface area (Å²) < 4.78 is 12.9. The summed E-state index contributed by atoms with van der Waals surface area (Å²) in [6.07, 6.45) is 0. The number of hydrogen-bond acceptors (Lipinski definition) is 4. The molecule has 16 heavy (non-hydrogen) atoms. The molecule has 0 aliphatic rings. The highest BCUT2D eigenvalue weighted by Gasteiger charge is 2.01. The number of rotatable bonds is 2. The van der Waals surface area contributed by atoms with Crippen molar-refractivity contribution in [2.75, 3.05) is 11.1 Å². The summed E-state index contributed by atoms with van der Waals surface area (Å²) in [7, 11) is 0. The third-order valence-corrected chi connectivity index (χ3v) is 2.14. The summed E-state index contributed by atoms with van der Waals surface area (Å²) in [4.78, 5) is 0. The molecule has 0 fully saturated rings. The highest BCUT2D eigenvalue weighted by molar-refractivity contribution is 5.60. The number of nitrogens with two attached hydrogens (primary N) is 1. The molecule has 0 atom stereocenters. The van der Waals surface area contributed by atoms with Gasteiger partial charge in [-0.3, -0.25) is 0 Å². The Morgan fingerprint density at radius 2 is 2.00 bits per heavy atom. The van der Waals surface area contributed by atoms with Gasteiger partial charge in [0.2, 0.25) is 0 Å². The Morgan fingerprint density at radius 1 is 1.19 bits per heavy atom. The predicted molar refractivity (Wildman–Crippen MR) is 60.9 cm³/mol. The summed E-state index contributed by atoms with van der Waals surface area (Å²) in [5.74, 6) is 0.678. The first kappa shape index (κ1) is 10.4. The van der Waals surface area contributed by atoms with Crippen LogP contribution in [0.25, 0.3) is 0 Å². The molecule has 0 bridgehead atoms. The molecule has 0 amide bonds. The number of anilines is 3. The maximum atomic E-state index is 12.9. The molecule has 0 unspecified atom stereocenters. The lowest BCUT2D eigenvalue weighted by molar-refractivity contribution is 0.627. The summed E-state index contributed by atoms with van der Waals surface area (Å²) >= 11 is 0. The molecule has 0 saturated carbocycles. The van der Waals surface area contributed by atoms with Crippen LogP contribution in [-0.2, 0) is 0 Å². The van der Waals surface area contributed by atoms with Gasteiger partial charge in [0.25, 0.3) is 0 Å². The fraction of sp³-hybridized carbons (Fsp3) is 0.0909. The molecule has 2 aromatic rings. The lowest BCUT2D eigenvalue weighted by Crippen LogP contribution is -1.99. The first-order valence-electron chi connectivity index (χ1n) is 4.77. The van der Waals surface area contributed by atoms with E-state index in [0.29, 0.717) is 11.6 Å². The van der Waals surface area contributed by atoms with E-state index in [1.54, 1.807) is 18.2 Å². The predicted octanol–water partition coefficient (Wildman–Crippen LogP) is 2.25. The highest BCUT2D eigenvalue weighted by atomic mass is 19.1. The Kier molecular flexibility index (Phi) is 2.68. The van der Waals surface area contributed by atoms with E-state index in [2.05, 4.69) is 15.5 Å². The number of nitrogens with one attached hydrogen (secondary N) is 1. The zero-order valence-electron chi connectivity index (χ0n) is 8.74. The standard InChI is InChI=1S/C11H11FN4/c1-7-6-8(12)2-3-9(7)14-11-5-4-10(13)15-16-11/h2-6H,1H3,(H2,13,15)(H,14,16). The molecule has 2 rings (SSSR count). The summed E-state index contributed by atoms with van der Waals surface area (Å²) in [5, 5.41) is 10.6. The van der Waals surface area contributed by atoms with Crippen molar-refractivity contribution in [3.05, 3.63) is 41.7 Å². The second kappa shape index (κ2) is 4.14. The quantitative estimate of drug-likeness (QED) is 0.811. The fourth-order valence-electron chi connectivity index (χ4n) is 1.31. The normalized spacial score (nSPS) is 10.1. The van der Waals surface area contributed by atoms with Gasteiger partial charge in [-0.15, -0.1) is 10.2 Å². The SMILES string of the molecule is Cc1cc(F)ccc1Nc1ccc(N)nn1. The Labute approximate surface area is 92.3 Å². The smallest absolute Gasteiger partial charge is 0.153 e. The third kappa shape index (κ3) is 2.25. The van der Waals surface area contributed by atoms with Gasteiger partial charge in [-0.1, -0.05) is 0 Å². The van der Waals surface area contributed by atoms with Gasteiger partial charge in [-0.2, -0.15) is 0 Å². The van der Waals surface area contributed by atoms with Gasteiger partial charge in [-0.05, 0) is 42.8 Å². The van der Waals surface area contributed by atoms with Crippen LogP contribution in [0.4, 0.5) is 21.7 Å². The molecule has 0 saturated heterocycles. The lowest BCUT2D eigenvalue weighted by atomic mass is 10.2. The molecule has 0 radical (unpaired) electrons. The summed E-state index contributed by atoms with van der Waals surface area (Å²) in [6.45, 7) is 1.82. The largest absolute Gasteiger partial charge is 0.382 e. The lowest BCUT2D eigenvalue weighted by Gasteiger charge is -2.07. The average molecular weight is 218 g/mol. The molecule has 0 spiro atoms. The molecule has 0 aliphatic carbocycles. The Morgan fingerprint density at radius 3 is 2.62 bits per heavy atom. The molecule has 5 heteroatoms.